The van der Waals surface area contributed by atoms with E-state index < -0.39 is 11.8 Å². The number of benzene rings is 2. The molecule has 8 heteroatoms. The number of ether oxygens (including phenoxy) is 2. The van der Waals surface area contributed by atoms with Gasteiger partial charge in [0.1, 0.15) is 17.5 Å². The van der Waals surface area contributed by atoms with E-state index >= 15 is 0 Å². The first-order chi connectivity index (χ1) is 16.9. The molecule has 1 saturated carbocycles. The van der Waals surface area contributed by atoms with E-state index in [1.54, 1.807) is 47.2 Å². The maximum absolute atomic E-state index is 13.8. The average Bonchev–Trinajstić information content (AvgIpc) is 3.62. The number of likely N-dealkylation sites (tertiary alicyclic amines) is 1. The fourth-order valence-electron chi connectivity index (χ4n) is 4.98. The average molecular weight is 478 g/mol. The number of piperidine rings is 1. The number of methoxy groups -OCH3 is 1. The first-order valence-electron chi connectivity index (χ1n) is 12.2. The number of amides is 3. The molecular formula is C27H31N3O5. The van der Waals surface area contributed by atoms with E-state index in [4.69, 9.17) is 9.47 Å². The van der Waals surface area contributed by atoms with E-state index in [-0.39, 0.29) is 30.4 Å². The molecule has 1 aliphatic carbocycles. The van der Waals surface area contributed by atoms with E-state index in [0.29, 0.717) is 42.8 Å². The number of hydrogen-bond acceptors (Lipinski definition) is 5. The van der Waals surface area contributed by atoms with Gasteiger partial charge in [-0.1, -0.05) is 17.7 Å². The van der Waals surface area contributed by atoms with Gasteiger partial charge in [0.05, 0.1) is 13.7 Å². The van der Waals surface area contributed by atoms with Gasteiger partial charge in [-0.15, -0.1) is 0 Å². The minimum absolute atomic E-state index is 0.0694. The van der Waals surface area contributed by atoms with Crippen molar-refractivity contribution in [2.24, 2.45) is 0 Å². The summed E-state index contributed by atoms with van der Waals surface area (Å²) in [5.41, 5.74) is 1.19. The molecule has 5 rings (SSSR count). The maximum atomic E-state index is 13.8. The highest BCUT2D eigenvalue weighted by Gasteiger charge is 2.54. The van der Waals surface area contributed by atoms with Crippen molar-refractivity contribution in [2.75, 3.05) is 26.8 Å². The van der Waals surface area contributed by atoms with Crippen LogP contribution in [-0.2, 0) is 9.53 Å². The van der Waals surface area contributed by atoms with Crippen LogP contribution in [0.25, 0.3) is 0 Å². The van der Waals surface area contributed by atoms with Gasteiger partial charge in [0.15, 0.2) is 0 Å². The normalized spacial score (nSPS) is 21.1. The van der Waals surface area contributed by atoms with Crippen molar-refractivity contribution in [3.63, 3.8) is 0 Å². The molecule has 2 aromatic carbocycles. The number of hydrogen-bond donors (Lipinski definition) is 1. The Labute approximate surface area is 205 Å². The van der Waals surface area contributed by atoms with Gasteiger partial charge in [-0.2, -0.15) is 0 Å². The smallest absolute Gasteiger partial charge is 0.256 e. The molecule has 2 aliphatic heterocycles. The standard InChI is InChI=1S/C27H31N3O5/c1-18-4-3-5-20(16-18)26(33)30-23(24(31)28-21-8-9-21)17-35-27(30)12-14-29(15-13-27)25(32)19-6-10-22(34-2)11-7-19/h3-7,10-11,16,21,23H,8-9,12-15,17H2,1-2H3,(H,28,31). The molecule has 2 heterocycles. The van der Waals surface area contributed by atoms with Gasteiger partial charge in [-0.05, 0) is 56.2 Å². The highest BCUT2D eigenvalue weighted by molar-refractivity contribution is 5.99. The van der Waals surface area contributed by atoms with Crippen molar-refractivity contribution in [2.45, 2.75) is 50.4 Å². The Kier molecular flexibility index (Phi) is 6.23. The first-order valence-corrected chi connectivity index (χ1v) is 12.2. The summed E-state index contributed by atoms with van der Waals surface area (Å²) in [7, 11) is 1.59. The van der Waals surface area contributed by atoms with Crippen molar-refractivity contribution in [1.29, 1.82) is 0 Å². The number of rotatable bonds is 5. The third-order valence-corrected chi connectivity index (χ3v) is 7.14. The van der Waals surface area contributed by atoms with Crippen LogP contribution in [-0.4, -0.2) is 72.1 Å². The quantitative estimate of drug-likeness (QED) is 0.716. The molecular weight excluding hydrogens is 446 g/mol. The zero-order valence-corrected chi connectivity index (χ0v) is 20.2. The summed E-state index contributed by atoms with van der Waals surface area (Å²) in [6.07, 6.45) is 2.83. The molecule has 0 aromatic heterocycles. The van der Waals surface area contributed by atoms with Crippen molar-refractivity contribution >= 4 is 17.7 Å². The van der Waals surface area contributed by atoms with Crippen LogP contribution in [0.5, 0.6) is 5.75 Å². The largest absolute Gasteiger partial charge is 0.497 e. The summed E-state index contributed by atoms with van der Waals surface area (Å²) in [4.78, 5) is 43.4. The summed E-state index contributed by atoms with van der Waals surface area (Å²) in [6, 6.07) is 14.0. The van der Waals surface area contributed by atoms with Crippen LogP contribution in [0.2, 0.25) is 0 Å². The van der Waals surface area contributed by atoms with Crippen molar-refractivity contribution in [3.05, 3.63) is 65.2 Å². The third kappa shape index (κ3) is 4.62. The Hall–Kier alpha value is -3.39. The van der Waals surface area contributed by atoms with Gasteiger partial charge in [-0.3, -0.25) is 19.3 Å². The molecule has 35 heavy (non-hydrogen) atoms. The van der Waals surface area contributed by atoms with Crippen LogP contribution in [0.15, 0.2) is 48.5 Å². The third-order valence-electron chi connectivity index (χ3n) is 7.14. The molecule has 0 bridgehead atoms. The van der Waals surface area contributed by atoms with Crippen LogP contribution in [0, 0.1) is 6.92 Å². The highest BCUT2D eigenvalue weighted by Crippen LogP contribution is 2.39. The van der Waals surface area contributed by atoms with Gasteiger partial charge in [-0.25, -0.2) is 0 Å². The molecule has 2 aromatic rings. The Bertz CT molecular complexity index is 1120. The second-order valence-corrected chi connectivity index (χ2v) is 9.62. The van der Waals surface area contributed by atoms with Crippen LogP contribution >= 0.6 is 0 Å². The monoisotopic (exact) mass is 477 g/mol. The number of nitrogens with one attached hydrogen (secondary N) is 1. The molecule has 184 valence electrons. The summed E-state index contributed by atoms with van der Waals surface area (Å²) < 4.78 is 11.4. The summed E-state index contributed by atoms with van der Waals surface area (Å²) in [6.45, 7) is 2.95. The predicted molar refractivity (Wildman–Crippen MR) is 129 cm³/mol. The zero-order chi connectivity index (χ0) is 24.6. The fourth-order valence-corrected chi connectivity index (χ4v) is 4.98. The number of carbonyl (C=O) groups is 3. The van der Waals surface area contributed by atoms with E-state index in [0.717, 1.165) is 18.4 Å². The Morgan fingerprint density at radius 3 is 2.34 bits per heavy atom. The second-order valence-electron chi connectivity index (χ2n) is 9.62. The second kappa shape index (κ2) is 9.34. The molecule has 3 fully saturated rings. The molecule has 1 N–H and O–H groups in total. The van der Waals surface area contributed by atoms with Crippen molar-refractivity contribution in [1.82, 2.24) is 15.1 Å². The molecule has 3 amide bonds. The van der Waals surface area contributed by atoms with E-state index in [1.165, 1.54) is 0 Å². The lowest BCUT2D eigenvalue weighted by molar-refractivity contribution is -0.128. The van der Waals surface area contributed by atoms with Crippen molar-refractivity contribution in [3.8, 4) is 5.75 Å². The van der Waals surface area contributed by atoms with Crippen LogP contribution in [0.1, 0.15) is 52.0 Å². The molecule has 1 unspecified atom stereocenters. The summed E-state index contributed by atoms with van der Waals surface area (Å²) in [5, 5.41) is 3.04. The number of aryl methyl sites for hydroxylation is 1. The van der Waals surface area contributed by atoms with Crippen LogP contribution in [0.3, 0.4) is 0 Å². The Balaban J connectivity index is 1.36. The van der Waals surface area contributed by atoms with Gasteiger partial charge in [0.2, 0.25) is 5.91 Å². The van der Waals surface area contributed by atoms with E-state index in [9.17, 15) is 14.4 Å². The summed E-state index contributed by atoms with van der Waals surface area (Å²) >= 11 is 0. The molecule has 2 saturated heterocycles. The summed E-state index contributed by atoms with van der Waals surface area (Å²) in [5.74, 6) is 0.249. The minimum Gasteiger partial charge on any atom is -0.497 e. The minimum atomic E-state index is -0.914. The maximum Gasteiger partial charge on any atom is 0.256 e. The van der Waals surface area contributed by atoms with Crippen LogP contribution in [0.4, 0.5) is 0 Å². The van der Waals surface area contributed by atoms with Gasteiger partial charge in [0.25, 0.3) is 11.8 Å². The SMILES string of the molecule is COc1ccc(C(=O)N2CCC3(CC2)OCC(C(=O)NC2CC2)N3C(=O)c2cccc(C)c2)cc1. The lowest BCUT2D eigenvalue weighted by Gasteiger charge is -2.44. The number of carbonyl (C=O) groups excluding carboxylic acids is 3. The molecule has 1 spiro atoms. The molecule has 1 atom stereocenters. The van der Waals surface area contributed by atoms with E-state index in [2.05, 4.69) is 5.32 Å². The van der Waals surface area contributed by atoms with Gasteiger partial charge in [0, 0.05) is 43.1 Å². The Morgan fingerprint density at radius 1 is 1.00 bits per heavy atom. The number of nitrogens with zero attached hydrogens (tertiary/aromatic N) is 2. The Morgan fingerprint density at radius 2 is 1.71 bits per heavy atom. The fraction of sp³-hybridized carbons (Fsp3) is 0.444. The lowest BCUT2D eigenvalue weighted by atomic mass is 9.95. The molecule has 8 nitrogen and oxygen atoms in total. The topological polar surface area (TPSA) is 88.2 Å². The molecule has 0 radical (unpaired) electrons. The van der Waals surface area contributed by atoms with Gasteiger partial charge >= 0.3 is 0 Å². The lowest BCUT2D eigenvalue weighted by Crippen LogP contribution is -2.60. The first kappa shape index (κ1) is 23.4. The zero-order valence-electron chi connectivity index (χ0n) is 20.2. The highest BCUT2D eigenvalue weighted by atomic mass is 16.5. The van der Waals surface area contributed by atoms with Crippen LogP contribution < -0.4 is 10.1 Å². The predicted octanol–water partition coefficient (Wildman–Crippen LogP) is 2.76. The van der Waals surface area contributed by atoms with Gasteiger partial charge < -0.3 is 19.7 Å². The van der Waals surface area contributed by atoms with E-state index in [1.807, 2.05) is 25.1 Å². The molecule has 3 aliphatic rings. The van der Waals surface area contributed by atoms with Crippen molar-refractivity contribution < 1.29 is 23.9 Å².